The van der Waals surface area contributed by atoms with Gasteiger partial charge in [-0.15, -0.1) is 0 Å². The summed E-state index contributed by atoms with van der Waals surface area (Å²) in [5.74, 6) is 0. The van der Waals surface area contributed by atoms with E-state index in [1.165, 1.54) is 38.9 Å². The van der Waals surface area contributed by atoms with Crippen LogP contribution < -0.4 is 0 Å². The first kappa shape index (κ1) is 28.3. The van der Waals surface area contributed by atoms with Crippen molar-refractivity contribution in [2.24, 2.45) is 0 Å². The summed E-state index contributed by atoms with van der Waals surface area (Å²) in [4.78, 5) is 15.3. The topological polar surface area (TPSA) is 60.6 Å². The van der Waals surface area contributed by atoms with Crippen LogP contribution in [0.25, 0.3) is 89.2 Å². The first-order chi connectivity index (χ1) is 26.8. The average molecular weight is 690 g/mol. The van der Waals surface area contributed by atoms with Crippen LogP contribution in [0.3, 0.4) is 0 Å². The van der Waals surface area contributed by atoms with Crippen molar-refractivity contribution in [2.75, 3.05) is 0 Å². The second kappa shape index (κ2) is 9.97. The highest BCUT2D eigenvalue weighted by molar-refractivity contribution is 6.09. The zero-order valence-corrected chi connectivity index (χ0v) is 28.7. The predicted octanol–water partition coefficient (Wildman–Crippen LogP) is 11.1. The first-order valence-corrected chi connectivity index (χ1v) is 18.3. The maximum atomic E-state index is 6.44. The zero-order valence-electron chi connectivity index (χ0n) is 28.7. The standard InChI is InChI=1S/C48H27N5O/c1-5-19-36-31(13-1)32-14-2-6-20-37(32)48(36)38-21-7-3-16-35(38)43-39(48)26-40-45-51-27-41(53(45)47-46(52(40)43)49-23-24-50-47)29-12-9-11-28(25-29)30-17-10-18-34-33-15-4-8-22-42(33)54-44(30)34/h1-27H. The molecule has 250 valence electrons. The van der Waals surface area contributed by atoms with E-state index in [9.17, 15) is 0 Å². The summed E-state index contributed by atoms with van der Waals surface area (Å²) in [6, 6.07) is 52.3. The lowest BCUT2D eigenvalue weighted by molar-refractivity contribution is 0.670. The third-order valence-corrected chi connectivity index (χ3v) is 11.9. The number of aromatic nitrogens is 5. The number of hydrogen-bond donors (Lipinski definition) is 0. The molecular formula is C48H27N5O. The van der Waals surface area contributed by atoms with E-state index in [4.69, 9.17) is 19.4 Å². The molecule has 0 saturated carbocycles. The Hall–Kier alpha value is -7.31. The second-order valence-corrected chi connectivity index (χ2v) is 14.4. The maximum absolute atomic E-state index is 6.44. The van der Waals surface area contributed by atoms with Crippen LogP contribution in [-0.2, 0) is 5.41 Å². The van der Waals surface area contributed by atoms with Crippen LogP contribution in [0.1, 0.15) is 22.3 Å². The van der Waals surface area contributed by atoms with E-state index in [1.807, 2.05) is 18.3 Å². The number of hydrogen-bond acceptors (Lipinski definition) is 4. The fraction of sp³-hybridized carbons (Fsp3) is 0.0208. The van der Waals surface area contributed by atoms with Gasteiger partial charge in [-0.3, -0.25) is 8.80 Å². The van der Waals surface area contributed by atoms with E-state index in [0.29, 0.717) is 0 Å². The van der Waals surface area contributed by atoms with Gasteiger partial charge in [-0.2, -0.15) is 0 Å². The van der Waals surface area contributed by atoms with Crippen molar-refractivity contribution < 1.29 is 4.42 Å². The van der Waals surface area contributed by atoms with Crippen LogP contribution in [0.4, 0.5) is 0 Å². The number of benzene rings is 6. The molecule has 0 atom stereocenters. The van der Waals surface area contributed by atoms with Crippen LogP contribution >= 0.6 is 0 Å². The van der Waals surface area contributed by atoms with Crippen molar-refractivity contribution in [1.82, 2.24) is 23.8 Å². The monoisotopic (exact) mass is 689 g/mol. The van der Waals surface area contributed by atoms with Gasteiger partial charge in [0.05, 0.1) is 28.5 Å². The highest BCUT2D eigenvalue weighted by atomic mass is 16.3. The van der Waals surface area contributed by atoms with Gasteiger partial charge in [0.1, 0.15) is 11.2 Å². The molecule has 0 bridgehead atoms. The molecule has 1 spiro atoms. The summed E-state index contributed by atoms with van der Waals surface area (Å²) in [6.07, 6.45) is 5.55. The molecule has 54 heavy (non-hydrogen) atoms. The van der Waals surface area contributed by atoms with Gasteiger partial charge < -0.3 is 4.42 Å². The van der Waals surface area contributed by atoms with Crippen LogP contribution in [0.15, 0.2) is 169 Å². The van der Waals surface area contributed by atoms with Crippen molar-refractivity contribution in [3.05, 3.63) is 186 Å². The number of para-hydroxylation sites is 2. The molecular weight excluding hydrogens is 663 g/mol. The van der Waals surface area contributed by atoms with Crippen molar-refractivity contribution in [2.45, 2.75) is 5.41 Å². The highest BCUT2D eigenvalue weighted by Gasteiger charge is 2.53. The maximum Gasteiger partial charge on any atom is 0.183 e. The minimum Gasteiger partial charge on any atom is -0.455 e. The normalized spacial score (nSPS) is 13.7. The third-order valence-electron chi connectivity index (χ3n) is 11.9. The summed E-state index contributed by atoms with van der Waals surface area (Å²) in [7, 11) is 0. The van der Waals surface area contributed by atoms with Gasteiger partial charge in [-0.25, -0.2) is 15.0 Å². The second-order valence-electron chi connectivity index (χ2n) is 14.4. The molecule has 5 heterocycles. The molecule has 0 amide bonds. The Balaban J connectivity index is 1.10. The molecule has 2 aliphatic rings. The van der Waals surface area contributed by atoms with E-state index in [0.717, 1.165) is 72.5 Å². The SMILES string of the molecule is c1cc(-c2cccc3c2oc2ccccc23)cc(-c2cnc3c4cc5c(n4c4nccnc4n23)-c2ccccc2C52c3ccccc3-c3ccccc32)c1. The zero-order chi connectivity index (χ0) is 35.1. The van der Waals surface area contributed by atoms with Crippen molar-refractivity contribution >= 4 is 44.4 Å². The van der Waals surface area contributed by atoms with Gasteiger partial charge in [0.15, 0.2) is 16.9 Å². The lowest BCUT2D eigenvalue weighted by Crippen LogP contribution is -2.25. The van der Waals surface area contributed by atoms with Gasteiger partial charge >= 0.3 is 0 Å². The van der Waals surface area contributed by atoms with E-state index in [1.54, 1.807) is 12.4 Å². The van der Waals surface area contributed by atoms with Crippen molar-refractivity contribution in [1.29, 1.82) is 0 Å². The Morgan fingerprint density at radius 3 is 1.87 bits per heavy atom. The number of furan rings is 1. The smallest absolute Gasteiger partial charge is 0.183 e. The summed E-state index contributed by atoms with van der Waals surface area (Å²) in [5.41, 5.74) is 18.8. The Morgan fingerprint density at radius 1 is 0.463 bits per heavy atom. The van der Waals surface area contributed by atoms with Gasteiger partial charge in [0.25, 0.3) is 0 Å². The molecule has 2 aliphatic carbocycles. The molecule has 11 aromatic rings. The summed E-state index contributed by atoms with van der Waals surface area (Å²) in [6.45, 7) is 0. The predicted molar refractivity (Wildman–Crippen MR) is 214 cm³/mol. The third kappa shape index (κ3) is 3.30. The average Bonchev–Trinajstić information content (AvgIpc) is 4.04. The lowest BCUT2D eigenvalue weighted by Gasteiger charge is -2.29. The quantitative estimate of drug-likeness (QED) is 0.181. The van der Waals surface area contributed by atoms with Gasteiger partial charge in [0, 0.05) is 39.9 Å². The van der Waals surface area contributed by atoms with Gasteiger partial charge in [-0.05, 0) is 57.1 Å². The number of fused-ring (bicyclic) bond motifs is 20. The van der Waals surface area contributed by atoms with E-state index in [2.05, 4.69) is 142 Å². The molecule has 0 saturated heterocycles. The first-order valence-electron chi connectivity index (χ1n) is 18.3. The van der Waals surface area contributed by atoms with Crippen LogP contribution in [0.2, 0.25) is 0 Å². The van der Waals surface area contributed by atoms with E-state index in [-0.39, 0.29) is 0 Å². The Bertz CT molecular complexity index is 3370. The minimum absolute atomic E-state index is 0.474. The number of imidazole rings is 1. The molecule has 0 N–H and O–H groups in total. The highest BCUT2D eigenvalue weighted by Crippen LogP contribution is 2.63. The molecule has 6 nitrogen and oxygen atoms in total. The molecule has 0 radical (unpaired) electrons. The van der Waals surface area contributed by atoms with E-state index >= 15 is 0 Å². The fourth-order valence-electron chi connectivity index (χ4n) is 9.83. The minimum atomic E-state index is -0.474. The van der Waals surface area contributed by atoms with Crippen LogP contribution in [-0.4, -0.2) is 23.8 Å². The molecule has 0 aliphatic heterocycles. The Kier molecular flexibility index (Phi) is 5.22. The number of rotatable bonds is 2. The van der Waals surface area contributed by atoms with Crippen molar-refractivity contribution in [3.63, 3.8) is 0 Å². The molecule has 6 aromatic carbocycles. The molecule has 0 unspecified atom stereocenters. The molecule has 13 rings (SSSR count). The Morgan fingerprint density at radius 2 is 1.07 bits per heavy atom. The molecule has 5 aromatic heterocycles. The number of nitrogens with zero attached hydrogens (tertiary/aromatic N) is 5. The summed E-state index contributed by atoms with van der Waals surface area (Å²) >= 11 is 0. The van der Waals surface area contributed by atoms with Crippen LogP contribution in [0, 0.1) is 0 Å². The van der Waals surface area contributed by atoms with Crippen LogP contribution in [0.5, 0.6) is 0 Å². The van der Waals surface area contributed by atoms with Gasteiger partial charge in [0.2, 0.25) is 0 Å². The lowest BCUT2D eigenvalue weighted by atomic mass is 9.71. The van der Waals surface area contributed by atoms with Gasteiger partial charge in [-0.1, -0.05) is 127 Å². The fourth-order valence-corrected chi connectivity index (χ4v) is 9.83. The van der Waals surface area contributed by atoms with Crippen molar-refractivity contribution in [3.8, 4) is 44.8 Å². The largest absolute Gasteiger partial charge is 0.455 e. The molecule has 6 heteroatoms. The Labute approximate surface area is 308 Å². The molecule has 0 fully saturated rings. The summed E-state index contributed by atoms with van der Waals surface area (Å²) in [5, 5.41) is 2.23. The van der Waals surface area contributed by atoms with E-state index < -0.39 is 5.41 Å². The summed E-state index contributed by atoms with van der Waals surface area (Å²) < 4.78 is 10.9.